The Morgan fingerprint density at radius 1 is 0.917 bits per heavy atom. The first-order valence-corrected chi connectivity index (χ1v) is 8.18. The lowest BCUT2D eigenvalue weighted by Gasteiger charge is -2.23. The summed E-state index contributed by atoms with van der Waals surface area (Å²) in [5.41, 5.74) is 4.25. The molecule has 24 heavy (non-hydrogen) atoms. The molecule has 2 aromatic carbocycles. The lowest BCUT2D eigenvalue weighted by atomic mass is 10.2. The quantitative estimate of drug-likeness (QED) is 0.719. The second-order valence-corrected chi connectivity index (χ2v) is 5.71. The van der Waals surface area contributed by atoms with Crippen molar-refractivity contribution in [3.63, 3.8) is 0 Å². The fourth-order valence-corrected chi connectivity index (χ4v) is 2.66. The molecule has 122 valence electrons. The molecule has 0 bridgehead atoms. The van der Waals surface area contributed by atoms with E-state index in [1.54, 1.807) is 0 Å². The molecule has 0 aliphatic carbocycles. The van der Waals surface area contributed by atoms with Crippen molar-refractivity contribution >= 4 is 23.1 Å². The molecule has 4 nitrogen and oxygen atoms in total. The molecule has 3 aromatic rings. The van der Waals surface area contributed by atoms with Gasteiger partial charge >= 0.3 is 0 Å². The number of nitrogens with one attached hydrogen (secondary N) is 1. The summed E-state index contributed by atoms with van der Waals surface area (Å²) in [6.07, 6.45) is 0. The smallest absolute Gasteiger partial charge is 0.229 e. The Kier molecular flexibility index (Phi) is 4.75. The van der Waals surface area contributed by atoms with Gasteiger partial charge in [-0.15, -0.1) is 0 Å². The summed E-state index contributed by atoms with van der Waals surface area (Å²) in [6.45, 7) is 7.03. The summed E-state index contributed by atoms with van der Waals surface area (Å²) in [7, 11) is 0. The Labute approximate surface area is 143 Å². The molecule has 0 fully saturated rings. The van der Waals surface area contributed by atoms with Gasteiger partial charge in [0.15, 0.2) is 0 Å². The van der Waals surface area contributed by atoms with Gasteiger partial charge in [0.05, 0.1) is 0 Å². The number of hydrogen-bond acceptors (Lipinski definition) is 4. The molecule has 0 saturated heterocycles. The summed E-state index contributed by atoms with van der Waals surface area (Å²) < 4.78 is 0. The van der Waals surface area contributed by atoms with E-state index in [-0.39, 0.29) is 0 Å². The normalized spacial score (nSPS) is 10.5. The first-order valence-electron chi connectivity index (χ1n) is 8.18. The van der Waals surface area contributed by atoms with Crippen molar-refractivity contribution in [2.45, 2.75) is 20.8 Å². The Morgan fingerprint density at radius 2 is 1.62 bits per heavy atom. The summed E-state index contributed by atoms with van der Waals surface area (Å²) in [5.74, 6) is 1.51. The Morgan fingerprint density at radius 3 is 2.33 bits per heavy atom. The SMILES string of the molecule is CCN(c1ccccc1)c1cc(C)nc(Nc2ccccc2C)n1. The van der Waals surface area contributed by atoms with E-state index in [4.69, 9.17) is 4.98 Å². The topological polar surface area (TPSA) is 41.1 Å². The van der Waals surface area contributed by atoms with Gasteiger partial charge in [0, 0.05) is 29.7 Å². The van der Waals surface area contributed by atoms with Crippen LogP contribution in [0.15, 0.2) is 60.7 Å². The number of aryl methyl sites for hydroxylation is 2. The summed E-state index contributed by atoms with van der Waals surface area (Å²) in [5, 5.41) is 3.33. The second-order valence-electron chi connectivity index (χ2n) is 5.71. The van der Waals surface area contributed by atoms with Gasteiger partial charge in [-0.05, 0) is 44.5 Å². The molecule has 1 aromatic heterocycles. The molecule has 0 unspecified atom stereocenters. The maximum atomic E-state index is 4.72. The number of rotatable bonds is 5. The minimum Gasteiger partial charge on any atom is -0.326 e. The molecule has 1 heterocycles. The van der Waals surface area contributed by atoms with E-state index in [0.717, 1.165) is 29.4 Å². The van der Waals surface area contributed by atoms with Crippen molar-refractivity contribution in [3.8, 4) is 0 Å². The largest absolute Gasteiger partial charge is 0.326 e. The molecule has 0 radical (unpaired) electrons. The second kappa shape index (κ2) is 7.13. The highest BCUT2D eigenvalue weighted by atomic mass is 15.2. The number of nitrogens with zero attached hydrogens (tertiary/aromatic N) is 3. The molecule has 1 N–H and O–H groups in total. The van der Waals surface area contributed by atoms with Gasteiger partial charge in [0.25, 0.3) is 0 Å². The van der Waals surface area contributed by atoms with E-state index in [2.05, 4.69) is 47.2 Å². The first-order chi connectivity index (χ1) is 11.7. The van der Waals surface area contributed by atoms with Crippen molar-refractivity contribution in [1.82, 2.24) is 9.97 Å². The van der Waals surface area contributed by atoms with E-state index in [1.165, 1.54) is 5.56 Å². The first kappa shape index (κ1) is 16.0. The third-order valence-electron chi connectivity index (χ3n) is 3.89. The van der Waals surface area contributed by atoms with Crippen molar-refractivity contribution in [3.05, 3.63) is 71.9 Å². The zero-order valence-corrected chi connectivity index (χ0v) is 14.3. The molecule has 4 heteroatoms. The molecule has 0 saturated carbocycles. The number of hydrogen-bond donors (Lipinski definition) is 1. The van der Waals surface area contributed by atoms with Crippen LogP contribution >= 0.6 is 0 Å². The van der Waals surface area contributed by atoms with Crippen molar-refractivity contribution in [2.75, 3.05) is 16.8 Å². The van der Waals surface area contributed by atoms with Crippen LogP contribution in [0.2, 0.25) is 0 Å². The highest BCUT2D eigenvalue weighted by Crippen LogP contribution is 2.25. The van der Waals surface area contributed by atoms with Crippen LogP contribution in [-0.4, -0.2) is 16.5 Å². The van der Waals surface area contributed by atoms with Gasteiger partial charge in [-0.3, -0.25) is 0 Å². The minimum atomic E-state index is 0.619. The van der Waals surface area contributed by atoms with Crippen molar-refractivity contribution < 1.29 is 0 Å². The van der Waals surface area contributed by atoms with Gasteiger partial charge in [-0.1, -0.05) is 36.4 Å². The lowest BCUT2D eigenvalue weighted by Crippen LogP contribution is -2.18. The van der Waals surface area contributed by atoms with Crippen molar-refractivity contribution in [2.24, 2.45) is 0 Å². The van der Waals surface area contributed by atoms with Gasteiger partial charge in [0.1, 0.15) is 5.82 Å². The van der Waals surface area contributed by atoms with Gasteiger partial charge in [-0.2, -0.15) is 4.98 Å². The predicted octanol–water partition coefficient (Wildman–Crippen LogP) is 5.00. The zero-order chi connectivity index (χ0) is 16.9. The zero-order valence-electron chi connectivity index (χ0n) is 14.3. The minimum absolute atomic E-state index is 0.619. The van der Waals surface area contributed by atoms with E-state index in [1.807, 2.05) is 49.4 Å². The molecule has 3 rings (SSSR count). The van der Waals surface area contributed by atoms with Crippen LogP contribution in [0.3, 0.4) is 0 Å². The Bertz CT molecular complexity index is 815. The molecule has 0 atom stereocenters. The molecular formula is C20H22N4. The van der Waals surface area contributed by atoms with Crippen LogP contribution in [-0.2, 0) is 0 Å². The predicted molar refractivity (Wildman–Crippen MR) is 100 cm³/mol. The molecule has 0 spiro atoms. The highest BCUT2D eigenvalue weighted by Gasteiger charge is 2.11. The van der Waals surface area contributed by atoms with Crippen LogP contribution < -0.4 is 10.2 Å². The number of anilines is 4. The van der Waals surface area contributed by atoms with E-state index in [9.17, 15) is 0 Å². The van der Waals surface area contributed by atoms with E-state index < -0.39 is 0 Å². The molecular weight excluding hydrogens is 296 g/mol. The number of para-hydroxylation sites is 2. The third-order valence-corrected chi connectivity index (χ3v) is 3.89. The van der Waals surface area contributed by atoms with E-state index in [0.29, 0.717) is 5.95 Å². The average Bonchev–Trinajstić information content (AvgIpc) is 2.58. The summed E-state index contributed by atoms with van der Waals surface area (Å²) in [4.78, 5) is 11.4. The summed E-state index contributed by atoms with van der Waals surface area (Å²) in [6, 6.07) is 20.4. The standard InChI is InChI=1S/C20H22N4/c1-4-24(17-11-6-5-7-12-17)19-14-16(3)21-20(23-19)22-18-13-9-8-10-15(18)2/h5-14H,4H2,1-3H3,(H,21,22,23). The third kappa shape index (κ3) is 3.54. The fraction of sp³-hybridized carbons (Fsp3) is 0.200. The molecule has 0 aliphatic heterocycles. The van der Waals surface area contributed by atoms with Crippen molar-refractivity contribution in [1.29, 1.82) is 0 Å². The van der Waals surface area contributed by atoms with Crippen LogP contribution in [0.25, 0.3) is 0 Å². The molecule has 0 aliphatic rings. The van der Waals surface area contributed by atoms with Crippen LogP contribution in [0.1, 0.15) is 18.2 Å². The Hall–Kier alpha value is -2.88. The van der Waals surface area contributed by atoms with Gasteiger partial charge < -0.3 is 10.2 Å². The fourth-order valence-electron chi connectivity index (χ4n) is 2.66. The lowest BCUT2D eigenvalue weighted by molar-refractivity contribution is 0.969. The number of benzene rings is 2. The van der Waals surface area contributed by atoms with Gasteiger partial charge in [0.2, 0.25) is 5.95 Å². The average molecular weight is 318 g/mol. The van der Waals surface area contributed by atoms with Gasteiger partial charge in [-0.25, -0.2) is 4.98 Å². The van der Waals surface area contributed by atoms with Crippen LogP contribution in [0, 0.1) is 13.8 Å². The highest BCUT2D eigenvalue weighted by molar-refractivity contribution is 5.63. The number of aromatic nitrogens is 2. The monoisotopic (exact) mass is 318 g/mol. The molecule has 0 amide bonds. The summed E-state index contributed by atoms with van der Waals surface area (Å²) >= 11 is 0. The van der Waals surface area contributed by atoms with Crippen LogP contribution in [0.5, 0.6) is 0 Å². The van der Waals surface area contributed by atoms with E-state index >= 15 is 0 Å². The maximum absolute atomic E-state index is 4.72. The maximum Gasteiger partial charge on any atom is 0.229 e. The Balaban J connectivity index is 1.95. The van der Waals surface area contributed by atoms with Crippen LogP contribution in [0.4, 0.5) is 23.1 Å².